The molecule has 4 heteroatoms. The second kappa shape index (κ2) is 5.98. The zero-order valence-electron chi connectivity index (χ0n) is 8.70. The van der Waals surface area contributed by atoms with Gasteiger partial charge in [-0.3, -0.25) is 0 Å². The van der Waals surface area contributed by atoms with Crippen molar-refractivity contribution in [2.24, 2.45) is 5.73 Å². The lowest BCUT2D eigenvalue weighted by Gasteiger charge is -2.26. The van der Waals surface area contributed by atoms with Gasteiger partial charge in [0.2, 0.25) is 0 Å². The Labute approximate surface area is 84.7 Å². The first-order valence-electron chi connectivity index (χ1n) is 5.25. The quantitative estimate of drug-likeness (QED) is 0.684. The summed E-state index contributed by atoms with van der Waals surface area (Å²) in [5.74, 6) is -0.286. The molecule has 1 aliphatic rings. The molecule has 4 nitrogen and oxygen atoms in total. The van der Waals surface area contributed by atoms with Crippen LogP contribution < -0.4 is 5.73 Å². The molecule has 1 saturated carbocycles. The smallest absolute Gasteiger partial charge is 0.332 e. The molecule has 2 unspecified atom stereocenters. The number of esters is 1. The van der Waals surface area contributed by atoms with Crippen LogP contribution in [0.15, 0.2) is 0 Å². The van der Waals surface area contributed by atoms with Crippen molar-refractivity contribution in [3.8, 4) is 0 Å². The van der Waals surface area contributed by atoms with Gasteiger partial charge in [-0.25, -0.2) is 4.79 Å². The van der Waals surface area contributed by atoms with E-state index < -0.39 is 0 Å². The predicted octanol–water partition coefficient (Wildman–Crippen LogP) is 0.836. The summed E-state index contributed by atoms with van der Waals surface area (Å²) in [5, 5.41) is 0. The van der Waals surface area contributed by atoms with E-state index in [-0.39, 0.29) is 24.7 Å². The van der Waals surface area contributed by atoms with Gasteiger partial charge in [-0.2, -0.15) is 0 Å². The molecule has 2 atom stereocenters. The number of carbonyl (C=O) groups is 1. The van der Waals surface area contributed by atoms with Gasteiger partial charge in [-0.05, 0) is 32.6 Å². The third-order valence-corrected chi connectivity index (χ3v) is 2.41. The Morgan fingerprint density at radius 1 is 1.50 bits per heavy atom. The van der Waals surface area contributed by atoms with Gasteiger partial charge >= 0.3 is 5.97 Å². The molecule has 0 aromatic rings. The summed E-state index contributed by atoms with van der Waals surface area (Å²) in [6.45, 7) is 2.26. The second-order valence-electron chi connectivity index (χ2n) is 3.66. The SMILES string of the molecule is CCOC(=O)COC1CCCC(N)C1. The van der Waals surface area contributed by atoms with Gasteiger partial charge in [0.15, 0.2) is 0 Å². The van der Waals surface area contributed by atoms with Gasteiger partial charge in [0, 0.05) is 6.04 Å². The van der Waals surface area contributed by atoms with Crippen LogP contribution in [0.25, 0.3) is 0 Å². The molecule has 1 rings (SSSR count). The van der Waals surface area contributed by atoms with Crippen LogP contribution in [0.1, 0.15) is 32.6 Å². The summed E-state index contributed by atoms with van der Waals surface area (Å²) in [7, 11) is 0. The Bertz CT molecular complexity index is 184. The lowest BCUT2D eigenvalue weighted by atomic mass is 9.94. The van der Waals surface area contributed by atoms with Crippen molar-refractivity contribution in [1.82, 2.24) is 0 Å². The molecule has 1 aliphatic carbocycles. The molecule has 0 bridgehead atoms. The Balaban J connectivity index is 2.14. The Kier molecular flexibility index (Phi) is 4.90. The first-order valence-corrected chi connectivity index (χ1v) is 5.25. The first-order chi connectivity index (χ1) is 6.72. The van der Waals surface area contributed by atoms with Crippen molar-refractivity contribution in [3.63, 3.8) is 0 Å². The third-order valence-electron chi connectivity index (χ3n) is 2.41. The summed E-state index contributed by atoms with van der Waals surface area (Å²) < 4.78 is 10.2. The normalized spacial score (nSPS) is 27.3. The molecule has 0 aromatic heterocycles. The summed E-state index contributed by atoms with van der Waals surface area (Å²) in [6, 6.07) is 0.232. The van der Waals surface area contributed by atoms with Crippen LogP contribution in [0.5, 0.6) is 0 Å². The summed E-state index contributed by atoms with van der Waals surface area (Å²) in [6.07, 6.45) is 4.17. The average molecular weight is 201 g/mol. The van der Waals surface area contributed by atoms with Crippen molar-refractivity contribution >= 4 is 5.97 Å². The van der Waals surface area contributed by atoms with Gasteiger partial charge in [-0.1, -0.05) is 0 Å². The van der Waals surface area contributed by atoms with E-state index in [1.807, 2.05) is 0 Å². The predicted molar refractivity (Wildman–Crippen MR) is 52.8 cm³/mol. The number of rotatable bonds is 4. The Hall–Kier alpha value is -0.610. The number of ether oxygens (including phenoxy) is 2. The number of nitrogens with two attached hydrogens (primary N) is 1. The molecule has 2 N–H and O–H groups in total. The highest BCUT2D eigenvalue weighted by Crippen LogP contribution is 2.19. The maximum atomic E-state index is 11.0. The molecule has 14 heavy (non-hydrogen) atoms. The van der Waals surface area contributed by atoms with Crippen molar-refractivity contribution in [3.05, 3.63) is 0 Å². The fourth-order valence-corrected chi connectivity index (χ4v) is 1.72. The molecule has 0 amide bonds. The number of carbonyl (C=O) groups excluding carboxylic acids is 1. The third kappa shape index (κ3) is 4.07. The fourth-order valence-electron chi connectivity index (χ4n) is 1.72. The molecule has 0 radical (unpaired) electrons. The van der Waals surface area contributed by atoms with Crippen LogP contribution in [0.4, 0.5) is 0 Å². The minimum atomic E-state index is -0.286. The zero-order chi connectivity index (χ0) is 10.4. The van der Waals surface area contributed by atoms with Gasteiger partial charge in [0.25, 0.3) is 0 Å². The maximum Gasteiger partial charge on any atom is 0.332 e. The molecule has 1 fully saturated rings. The molecular formula is C10H19NO3. The van der Waals surface area contributed by atoms with Gasteiger partial charge in [0.1, 0.15) is 6.61 Å². The minimum absolute atomic E-state index is 0.0607. The lowest BCUT2D eigenvalue weighted by Crippen LogP contribution is -2.33. The molecule has 0 aliphatic heterocycles. The van der Waals surface area contributed by atoms with Crippen LogP contribution >= 0.6 is 0 Å². The van der Waals surface area contributed by atoms with Gasteiger partial charge < -0.3 is 15.2 Å². The highest BCUT2D eigenvalue weighted by molar-refractivity contribution is 5.70. The number of hydrogen-bond donors (Lipinski definition) is 1. The van der Waals surface area contributed by atoms with E-state index >= 15 is 0 Å². The summed E-state index contributed by atoms with van der Waals surface area (Å²) in [4.78, 5) is 11.0. The highest BCUT2D eigenvalue weighted by atomic mass is 16.6. The zero-order valence-corrected chi connectivity index (χ0v) is 8.70. The van der Waals surface area contributed by atoms with E-state index in [0.717, 1.165) is 25.7 Å². The van der Waals surface area contributed by atoms with Crippen molar-refractivity contribution in [1.29, 1.82) is 0 Å². The average Bonchev–Trinajstić information content (AvgIpc) is 2.15. The van der Waals surface area contributed by atoms with Crippen molar-refractivity contribution in [2.45, 2.75) is 44.8 Å². The van der Waals surface area contributed by atoms with Crippen molar-refractivity contribution in [2.75, 3.05) is 13.2 Å². The van der Waals surface area contributed by atoms with Crippen LogP contribution in [0.3, 0.4) is 0 Å². The minimum Gasteiger partial charge on any atom is -0.464 e. The van der Waals surface area contributed by atoms with Gasteiger partial charge in [-0.15, -0.1) is 0 Å². The van der Waals surface area contributed by atoms with E-state index in [2.05, 4.69) is 0 Å². The van der Waals surface area contributed by atoms with E-state index in [4.69, 9.17) is 15.2 Å². The van der Waals surface area contributed by atoms with Crippen LogP contribution in [-0.2, 0) is 14.3 Å². The molecular weight excluding hydrogens is 182 g/mol. The second-order valence-corrected chi connectivity index (χ2v) is 3.66. The molecule has 0 aromatic carbocycles. The van der Waals surface area contributed by atoms with Gasteiger partial charge in [0.05, 0.1) is 12.7 Å². The Morgan fingerprint density at radius 2 is 2.29 bits per heavy atom. The molecule has 0 heterocycles. The van der Waals surface area contributed by atoms with E-state index in [0.29, 0.717) is 6.61 Å². The monoisotopic (exact) mass is 201 g/mol. The highest BCUT2D eigenvalue weighted by Gasteiger charge is 2.20. The fraction of sp³-hybridized carbons (Fsp3) is 0.900. The molecule has 0 spiro atoms. The maximum absolute atomic E-state index is 11.0. The largest absolute Gasteiger partial charge is 0.464 e. The lowest BCUT2D eigenvalue weighted by molar-refractivity contribution is -0.151. The van der Waals surface area contributed by atoms with E-state index in [1.165, 1.54) is 0 Å². The molecule has 0 saturated heterocycles. The van der Waals surface area contributed by atoms with Crippen LogP contribution in [0.2, 0.25) is 0 Å². The van der Waals surface area contributed by atoms with Crippen LogP contribution in [0, 0.1) is 0 Å². The topological polar surface area (TPSA) is 61.5 Å². The molecule has 82 valence electrons. The first kappa shape index (κ1) is 11.5. The summed E-state index contributed by atoms with van der Waals surface area (Å²) >= 11 is 0. The van der Waals surface area contributed by atoms with Crippen molar-refractivity contribution < 1.29 is 14.3 Å². The standard InChI is InChI=1S/C10H19NO3/c1-2-13-10(12)7-14-9-5-3-4-8(11)6-9/h8-9H,2-7,11H2,1H3. The van der Waals surface area contributed by atoms with E-state index in [1.54, 1.807) is 6.92 Å². The number of hydrogen-bond acceptors (Lipinski definition) is 4. The Morgan fingerprint density at radius 3 is 2.93 bits per heavy atom. The van der Waals surface area contributed by atoms with E-state index in [9.17, 15) is 4.79 Å². The summed E-state index contributed by atoms with van der Waals surface area (Å²) in [5.41, 5.74) is 5.79. The van der Waals surface area contributed by atoms with Crippen LogP contribution in [-0.4, -0.2) is 31.3 Å².